The highest BCUT2D eigenvalue weighted by molar-refractivity contribution is 14.1. The van der Waals surface area contributed by atoms with Crippen molar-refractivity contribution in [3.05, 3.63) is 59.7 Å². The minimum Gasteiger partial charge on any atom is -0.0857 e. The molecule has 0 aromatic heterocycles. The number of fused-ring (bicyclic) bond motifs is 5. The van der Waals surface area contributed by atoms with E-state index in [-0.39, 0.29) is 0 Å². The summed E-state index contributed by atoms with van der Waals surface area (Å²) in [5.41, 5.74) is 3.22. The van der Waals surface area contributed by atoms with Crippen LogP contribution in [0.4, 0.5) is 0 Å². The van der Waals surface area contributed by atoms with Crippen LogP contribution in [0.15, 0.2) is 48.5 Å². The molecule has 0 nitrogen and oxygen atoms in total. The summed E-state index contributed by atoms with van der Waals surface area (Å²) in [5, 5.41) is 5.65. The summed E-state index contributed by atoms with van der Waals surface area (Å²) in [6.45, 7) is 0. The van der Waals surface area contributed by atoms with E-state index in [2.05, 4.69) is 71.1 Å². The van der Waals surface area contributed by atoms with Gasteiger partial charge in [-0.1, -0.05) is 71.1 Å². The third-order valence-electron chi connectivity index (χ3n) is 4.68. The van der Waals surface area contributed by atoms with Crippen LogP contribution in [0, 0.1) is 0 Å². The molecule has 1 aliphatic carbocycles. The first-order chi connectivity index (χ1) is 9.88. The number of aryl methyl sites for hydroxylation is 1. The topological polar surface area (TPSA) is 0 Å². The quantitative estimate of drug-likeness (QED) is 0.286. The van der Waals surface area contributed by atoms with Crippen molar-refractivity contribution in [1.82, 2.24) is 0 Å². The Morgan fingerprint density at radius 1 is 0.900 bits per heavy atom. The van der Waals surface area contributed by atoms with Gasteiger partial charge in [0.15, 0.2) is 0 Å². The average Bonchev–Trinajstić information content (AvgIpc) is 2.53. The highest BCUT2D eigenvalue weighted by atomic mass is 127. The highest BCUT2D eigenvalue weighted by Crippen LogP contribution is 2.38. The fourth-order valence-corrected chi connectivity index (χ4v) is 4.58. The first-order valence-electron chi connectivity index (χ1n) is 7.37. The van der Waals surface area contributed by atoms with Gasteiger partial charge in [0.05, 0.1) is 0 Å². The predicted molar refractivity (Wildman–Crippen MR) is 96.0 cm³/mol. The number of rotatable bonds is 1. The van der Waals surface area contributed by atoms with Gasteiger partial charge in [-0.2, -0.15) is 0 Å². The van der Waals surface area contributed by atoms with E-state index in [1.165, 1.54) is 45.2 Å². The molecule has 0 aliphatic heterocycles. The fraction of sp³-hybridized carbons (Fsp3) is 0.263. The third kappa shape index (κ3) is 1.86. The van der Waals surface area contributed by atoms with Crippen LogP contribution in [0.1, 0.15) is 29.9 Å². The zero-order valence-electron chi connectivity index (χ0n) is 11.4. The van der Waals surface area contributed by atoms with Crippen LogP contribution in [0.5, 0.6) is 0 Å². The summed E-state index contributed by atoms with van der Waals surface area (Å²) in [6.07, 6.45) is 3.94. The largest absolute Gasteiger partial charge is 0.0857 e. The van der Waals surface area contributed by atoms with Crippen LogP contribution in [-0.2, 0) is 6.42 Å². The maximum Gasteiger partial charge on any atom is 0.00643 e. The normalized spacial score (nSPS) is 18.4. The molecule has 3 aromatic carbocycles. The summed E-state index contributed by atoms with van der Waals surface area (Å²) in [7, 11) is 0. The zero-order valence-corrected chi connectivity index (χ0v) is 13.6. The van der Waals surface area contributed by atoms with Crippen molar-refractivity contribution in [3.8, 4) is 0 Å². The summed E-state index contributed by atoms with van der Waals surface area (Å²) >= 11 is 2.54. The molecule has 1 heteroatoms. The van der Waals surface area contributed by atoms with Crippen LogP contribution in [0.3, 0.4) is 0 Å². The van der Waals surface area contributed by atoms with Crippen molar-refractivity contribution in [1.29, 1.82) is 0 Å². The summed E-state index contributed by atoms with van der Waals surface area (Å²) in [4.78, 5) is 0. The molecule has 0 amide bonds. The van der Waals surface area contributed by atoms with E-state index >= 15 is 0 Å². The first kappa shape index (κ1) is 12.6. The van der Waals surface area contributed by atoms with Crippen molar-refractivity contribution >= 4 is 44.1 Å². The molecule has 4 rings (SSSR count). The van der Waals surface area contributed by atoms with Gasteiger partial charge in [0.2, 0.25) is 0 Å². The third-order valence-corrected chi connectivity index (χ3v) is 5.74. The second-order valence-electron chi connectivity index (χ2n) is 5.76. The standard InChI is InChI=1S/C19H17I/c20-12-14-5-3-7-17-16(14)10-11-18-15-6-2-1-4-13(15)8-9-19(17)18/h1-2,4,6,8-11,14H,3,5,7,12H2/t14-/m0/s1. The van der Waals surface area contributed by atoms with Gasteiger partial charge < -0.3 is 0 Å². The van der Waals surface area contributed by atoms with Crippen molar-refractivity contribution < 1.29 is 0 Å². The summed E-state index contributed by atoms with van der Waals surface area (Å²) in [5.74, 6) is 0.759. The fourth-order valence-electron chi connectivity index (χ4n) is 3.67. The average molecular weight is 372 g/mol. The molecule has 0 saturated carbocycles. The van der Waals surface area contributed by atoms with E-state index < -0.39 is 0 Å². The van der Waals surface area contributed by atoms with Crippen LogP contribution < -0.4 is 0 Å². The summed E-state index contributed by atoms with van der Waals surface area (Å²) in [6, 6.07) is 18.1. The molecule has 0 unspecified atom stereocenters. The van der Waals surface area contributed by atoms with Gasteiger partial charge in [-0.15, -0.1) is 0 Å². The van der Waals surface area contributed by atoms with Gasteiger partial charge in [0.25, 0.3) is 0 Å². The molecule has 0 saturated heterocycles. The number of halogens is 1. The lowest BCUT2D eigenvalue weighted by Gasteiger charge is -2.25. The Morgan fingerprint density at radius 2 is 1.75 bits per heavy atom. The highest BCUT2D eigenvalue weighted by Gasteiger charge is 2.21. The molecule has 0 heterocycles. The second-order valence-corrected chi connectivity index (χ2v) is 6.64. The molecule has 3 aromatic rings. The molecule has 20 heavy (non-hydrogen) atoms. The molecule has 0 bridgehead atoms. The van der Waals surface area contributed by atoms with Crippen molar-refractivity contribution in [2.45, 2.75) is 25.2 Å². The van der Waals surface area contributed by atoms with Gasteiger partial charge >= 0.3 is 0 Å². The first-order valence-corrected chi connectivity index (χ1v) is 8.90. The smallest absolute Gasteiger partial charge is 0.00643 e. The molecule has 100 valence electrons. The molecule has 0 spiro atoms. The maximum atomic E-state index is 2.54. The number of hydrogen-bond acceptors (Lipinski definition) is 0. The van der Waals surface area contributed by atoms with E-state index in [1.807, 2.05) is 0 Å². The predicted octanol–water partition coefficient (Wildman–Crippen LogP) is 5.85. The maximum absolute atomic E-state index is 2.54. The second kappa shape index (κ2) is 5.03. The molecule has 1 atom stereocenters. The van der Waals surface area contributed by atoms with Crippen LogP contribution in [0.2, 0.25) is 0 Å². The number of hydrogen-bond donors (Lipinski definition) is 0. The van der Waals surface area contributed by atoms with Crippen LogP contribution in [0.25, 0.3) is 21.5 Å². The Balaban J connectivity index is 2.07. The van der Waals surface area contributed by atoms with E-state index in [1.54, 1.807) is 11.1 Å². The van der Waals surface area contributed by atoms with Gasteiger partial charge in [-0.05, 0) is 57.9 Å². The molecular weight excluding hydrogens is 355 g/mol. The number of alkyl halides is 1. The Labute approximate surface area is 133 Å². The Kier molecular flexibility index (Phi) is 3.18. The summed E-state index contributed by atoms with van der Waals surface area (Å²) < 4.78 is 1.24. The van der Waals surface area contributed by atoms with Gasteiger partial charge in [-0.25, -0.2) is 0 Å². The molecule has 0 radical (unpaired) electrons. The van der Waals surface area contributed by atoms with Crippen LogP contribution >= 0.6 is 22.6 Å². The molecule has 0 N–H and O–H groups in total. The van der Waals surface area contributed by atoms with Crippen molar-refractivity contribution in [2.24, 2.45) is 0 Å². The van der Waals surface area contributed by atoms with E-state index in [9.17, 15) is 0 Å². The molecule has 0 fully saturated rings. The molecule has 1 aliphatic rings. The van der Waals surface area contributed by atoms with Gasteiger partial charge in [0.1, 0.15) is 0 Å². The minimum absolute atomic E-state index is 0.759. The lowest BCUT2D eigenvalue weighted by molar-refractivity contribution is 0.605. The van der Waals surface area contributed by atoms with E-state index in [0.29, 0.717) is 0 Å². The lowest BCUT2D eigenvalue weighted by atomic mass is 9.81. The Bertz CT molecular complexity index is 788. The van der Waals surface area contributed by atoms with Gasteiger partial charge in [0, 0.05) is 4.43 Å². The minimum atomic E-state index is 0.759. The van der Waals surface area contributed by atoms with E-state index in [0.717, 1.165) is 5.92 Å². The van der Waals surface area contributed by atoms with Crippen LogP contribution in [-0.4, -0.2) is 4.43 Å². The Morgan fingerprint density at radius 3 is 2.65 bits per heavy atom. The SMILES string of the molecule is IC[C@@H]1CCCc2c1ccc1c2ccc2ccccc21. The number of benzene rings is 3. The van der Waals surface area contributed by atoms with Gasteiger partial charge in [-0.3, -0.25) is 0 Å². The van der Waals surface area contributed by atoms with E-state index in [4.69, 9.17) is 0 Å². The monoisotopic (exact) mass is 372 g/mol. The zero-order chi connectivity index (χ0) is 13.5. The Hall–Kier alpha value is -1.09. The van der Waals surface area contributed by atoms with Crippen molar-refractivity contribution in [3.63, 3.8) is 0 Å². The molecular formula is C19H17I. The lowest BCUT2D eigenvalue weighted by Crippen LogP contribution is -2.11. The van der Waals surface area contributed by atoms with Crippen molar-refractivity contribution in [2.75, 3.05) is 4.43 Å².